The van der Waals surface area contributed by atoms with Crippen LogP contribution < -0.4 is 5.32 Å². The number of fused-ring (bicyclic) bond motifs is 4. The molecular weight excluding hydrogens is 750 g/mol. The molecule has 2 N–H and O–H groups in total. The summed E-state index contributed by atoms with van der Waals surface area (Å²) in [5.74, 6) is -3.41. The van der Waals surface area contributed by atoms with Gasteiger partial charge in [0, 0.05) is 43.8 Å². The number of hydroxylamine groups is 2. The molecule has 6 aliphatic rings. The maximum atomic E-state index is 15.2. The Balaban J connectivity index is 1.16. The minimum Gasteiger partial charge on any atom is -0.462 e. The Morgan fingerprint density at radius 1 is 0.983 bits per heavy atom. The van der Waals surface area contributed by atoms with Crippen LogP contribution >= 0.6 is 0 Å². The molecule has 0 spiro atoms. The molecule has 1 aromatic carbocycles. The van der Waals surface area contributed by atoms with Gasteiger partial charge in [-0.05, 0) is 42.9 Å². The number of carbonyl (C=O) groups is 5. The highest BCUT2D eigenvalue weighted by Crippen LogP contribution is 2.59. The van der Waals surface area contributed by atoms with E-state index in [-0.39, 0.29) is 44.5 Å². The van der Waals surface area contributed by atoms with Gasteiger partial charge in [-0.15, -0.1) is 0 Å². The fourth-order valence-electron chi connectivity index (χ4n) is 9.69. The van der Waals surface area contributed by atoms with Gasteiger partial charge in [0.05, 0.1) is 13.2 Å². The highest BCUT2D eigenvalue weighted by atomic mass is 16.8. The summed E-state index contributed by atoms with van der Waals surface area (Å²) in [7, 11) is 0. The van der Waals surface area contributed by atoms with E-state index in [2.05, 4.69) is 19.2 Å². The third kappa shape index (κ3) is 8.04. The van der Waals surface area contributed by atoms with Crippen LogP contribution in [0.1, 0.15) is 109 Å². The third-order valence-corrected chi connectivity index (χ3v) is 12.7. The molecular formula is C43H59N3O12. The maximum absolute atomic E-state index is 15.2. The first-order chi connectivity index (χ1) is 27.9. The highest BCUT2D eigenvalue weighted by molar-refractivity contribution is 5.96. The normalized spacial score (nSPS) is 31.9. The van der Waals surface area contributed by atoms with Gasteiger partial charge in [-0.1, -0.05) is 77.6 Å². The molecule has 7 rings (SSSR count). The van der Waals surface area contributed by atoms with Gasteiger partial charge >= 0.3 is 17.9 Å². The fraction of sp³-hybridized carbons (Fsp3) is 0.698. The van der Waals surface area contributed by atoms with Crippen LogP contribution in [0.2, 0.25) is 0 Å². The number of nitrogens with one attached hydrogen (secondary N) is 1. The zero-order valence-electron chi connectivity index (χ0n) is 34.2. The third-order valence-electron chi connectivity index (χ3n) is 12.7. The summed E-state index contributed by atoms with van der Waals surface area (Å²) in [5, 5.41) is 13.7. The number of nitrogens with zero attached hydrogens (tertiary/aromatic N) is 2. The van der Waals surface area contributed by atoms with Crippen LogP contribution in [-0.2, 0) is 59.0 Å². The maximum Gasteiger partial charge on any atom is 0.348 e. The number of amides is 2. The number of unbranched alkanes of at least 4 members (excludes halogenated alkanes) is 4. The second-order valence-corrected chi connectivity index (χ2v) is 17.4. The van der Waals surface area contributed by atoms with Crippen LogP contribution in [0.15, 0.2) is 30.3 Å². The number of esters is 3. The van der Waals surface area contributed by atoms with E-state index < -0.39 is 77.1 Å². The van der Waals surface area contributed by atoms with Crippen LogP contribution in [0.25, 0.3) is 6.08 Å². The molecule has 6 fully saturated rings. The summed E-state index contributed by atoms with van der Waals surface area (Å²) >= 11 is 0. The second-order valence-electron chi connectivity index (χ2n) is 17.4. The summed E-state index contributed by atoms with van der Waals surface area (Å²) in [6.07, 6.45) is 7.32. The number of rotatable bonds is 17. The molecule has 8 atom stereocenters. The van der Waals surface area contributed by atoms with Gasteiger partial charge in [0.1, 0.15) is 42.5 Å². The summed E-state index contributed by atoms with van der Waals surface area (Å²) in [5.41, 5.74) is -0.585. The predicted octanol–water partition coefficient (Wildman–Crippen LogP) is 3.73. The predicted molar refractivity (Wildman–Crippen MR) is 207 cm³/mol. The number of ether oxygens (including phenoxy) is 5. The van der Waals surface area contributed by atoms with Crippen molar-refractivity contribution in [2.24, 2.45) is 10.8 Å². The van der Waals surface area contributed by atoms with Gasteiger partial charge in [-0.2, -0.15) is 5.06 Å². The minimum absolute atomic E-state index is 0.0695. The Morgan fingerprint density at radius 2 is 1.69 bits per heavy atom. The molecule has 15 heteroatoms. The van der Waals surface area contributed by atoms with Gasteiger partial charge in [-0.3, -0.25) is 19.2 Å². The van der Waals surface area contributed by atoms with Crippen molar-refractivity contribution in [2.75, 3.05) is 26.3 Å². The summed E-state index contributed by atoms with van der Waals surface area (Å²) in [4.78, 5) is 76.0. The van der Waals surface area contributed by atoms with Crippen molar-refractivity contribution in [2.45, 2.75) is 153 Å². The fourth-order valence-corrected chi connectivity index (χ4v) is 9.69. The average molecular weight is 810 g/mol. The summed E-state index contributed by atoms with van der Waals surface area (Å²) in [6, 6.07) is 5.41. The molecule has 2 bridgehead atoms. The first-order valence-corrected chi connectivity index (χ1v) is 21.2. The van der Waals surface area contributed by atoms with Crippen LogP contribution in [0.4, 0.5) is 0 Å². The molecule has 15 nitrogen and oxygen atoms in total. The molecule has 1 aromatic rings. The van der Waals surface area contributed by atoms with Crippen molar-refractivity contribution in [1.82, 2.24) is 15.3 Å². The number of hydrogen-bond donors (Lipinski definition) is 2. The quantitative estimate of drug-likeness (QED) is 0.101. The Hall–Kier alpha value is -3.89. The van der Waals surface area contributed by atoms with E-state index in [1.807, 2.05) is 12.1 Å². The zero-order chi connectivity index (χ0) is 41.2. The summed E-state index contributed by atoms with van der Waals surface area (Å²) in [6.45, 7) is 8.37. The molecule has 5 heterocycles. The van der Waals surface area contributed by atoms with E-state index in [1.54, 1.807) is 42.0 Å². The monoisotopic (exact) mass is 809 g/mol. The first-order valence-electron chi connectivity index (χ1n) is 21.2. The molecule has 2 unspecified atom stereocenters. The van der Waals surface area contributed by atoms with E-state index in [9.17, 15) is 24.3 Å². The van der Waals surface area contributed by atoms with Crippen molar-refractivity contribution >= 4 is 35.8 Å². The van der Waals surface area contributed by atoms with Gasteiger partial charge < -0.3 is 39.0 Å². The SMILES string of the molecule is CCCCCC1(CCCCC)O[C@@H]2[C@H]3ON(Cc4ccc(C=CC(=O)O[C@H]5C(=O)OCC5(C)C)cc4)[C@H]4C(=O)OC(CC34C(=O)N3CCC[C@@H]3C(=O)NCCO)[C@@H]2O1. The van der Waals surface area contributed by atoms with Crippen LogP contribution in [0, 0.1) is 10.8 Å². The van der Waals surface area contributed by atoms with E-state index >= 15 is 4.79 Å². The molecule has 5 saturated heterocycles. The van der Waals surface area contributed by atoms with Crippen molar-refractivity contribution in [1.29, 1.82) is 0 Å². The average Bonchev–Trinajstić information content (AvgIpc) is 3.98. The van der Waals surface area contributed by atoms with Gasteiger partial charge in [-0.25, -0.2) is 9.59 Å². The van der Waals surface area contributed by atoms with Crippen molar-refractivity contribution in [3.05, 3.63) is 41.5 Å². The number of aliphatic hydroxyl groups is 1. The molecule has 1 saturated carbocycles. The molecule has 318 valence electrons. The minimum atomic E-state index is -1.42. The zero-order valence-corrected chi connectivity index (χ0v) is 34.2. The number of cyclic esters (lactones) is 1. The number of benzene rings is 1. The van der Waals surface area contributed by atoms with Crippen LogP contribution in [-0.4, -0.2) is 119 Å². The molecule has 58 heavy (non-hydrogen) atoms. The number of hydrogen-bond acceptors (Lipinski definition) is 13. The van der Waals surface area contributed by atoms with Crippen molar-refractivity contribution in [3.8, 4) is 0 Å². The topological polar surface area (TPSA) is 179 Å². The van der Waals surface area contributed by atoms with Gasteiger partial charge in [0.25, 0.3) is 0 Å². The Kier molecular flexibility index (Phi) is 12.7. The Labute approximate surface area is 340 Å². The Bertz CT molecular complexity index is 1720. The van der Waals surface area contributed by atoms with Crippen molar-refractivity contribution < 1.29 is 57.6 Å². The van der Waals surface area contributed by atoms with Gasteiger partial charge in [0.2, 0.25) is 17.9 Å². The second kappa shape index (κ2) is 17.4. The van der Waals surface area contributed by atoms with E-state index in [0.29, 0.717) is 37.8 Å². The summed E-state index contributed by atoms with van der Waals surface area (Å²) < 4.78 is 30.5. The van der Waals surface area contributed by atoms with E-state index in [0.717, 1.165) is 44.1 Å². The lowest BCUT2D eigenvalue weighted by Crippen LogP contribution is -2.70. The Morgan fingerprint density at radius 3 is 2.34 bits per heavy atom. The first kappa shape index (κ1) is 42.2. The van der Waals surface area contributed by atoms with E-state index in [4.69, 9.17) is 28.5 Å². The molecule has 0 radical (unpaired) electrons. The van der Waals surface area contributed by atoms with Crippen LogP contribution in [0.5, 0.6) is 0 Å². The molecule has 1 aliphatic carbocycles. The lowest BCUT2D eigenvalue weighted by Gasteiger charge is -2.50. The number of carbonyl (C=O) groups excluding carboxylic acids is 5. The largest absolute Gasteiger partial charge is 0.462 e. The lowest BCUT2D eigenvalue weighted by molar-refractivity contribution is -0.225. The number of likely N-dealkylation sites (tertiary alicyclic amines) is 1. The molecule has 5 aliphatic heterocycles. The van der Waals surface area contributed by atoms with Gasteiger partial charge in [0.15, 0.2) is 11.8 Å². The van der Waals surface area contributed by atoms with E-state index in [1.165, 1.54) is 6.08 Å². The lowest BCUT2D eigenvalue weighted by atomic mass is 9.62. The van der Waals surface area contributed by atoms with Crippen molar-refractivity contribution in [3.63, 3.8) is 0 Å². The smallest absolute Gasteiger partial charge is 0.348 e. The number of aliphatic hydroxyl groups excluding tert-OH is 1. The molecule has 2 amide bonds. The highest BCUT2D eigenvalue weighted by Gasteiger charge is 2.77. The molecule has 0 aromatic heterocycles. The van der Waals surface area contributed by atoms with Crippen LogP contribution in [0.3, 0.4) is 0 Å². The standard InChI is InChI=1S/C43H59N3O12/c1-5-7-9-19-42(20-10-8-6-2)56-32-30-24-43(40(52)45-22-11-12-29(45)37(49)44-21-23-47)34(38(50)54-30)46(58-35(43)33(32)57-42)25-28-15-13-27(14-16-28)17-18-31(48)55-36-39(51)53-26-41(36,3)4/h13-18,29-30,32-36,47H,5-12,19-26H2,1-4H3,(H,44,49)/t29-,30?,32+,33+,34+,35-,36+,43?/m1/s1.